The Hall–Kier alpha value is -0.900. The highest BCUT2D eigenvalue weighted by Crippen LogP contribution is 2.13. The van der Waals surface area contributed by atoms with Crippen molar-refractivity contribution in [2.24, 2.45) is 10.4 Å². The number of carbonyl (C=O) groups excluding carboxylic acids is 1. The van der Waals surface area contributed by atoms with Gasteiger partial charge in [-0.05, 0) is 27.7 Å². The lowest BCUT2D eigenvalue weighted by molar-refractivity contribution is -0.128. The normalized spacial score (nSPS) is 11.6. The maximum Gasteiger partial charge on any atom is 0.227 e. The van der Waals surface area contributed by atoms with E-state index in [0.717, 1.165) is 18.0 Å². The van der Waals surface area contributed by atoms with Gasteiger partial charge in [0.05, 0.1) is 10.4 Å². The molecule has 6 nitrogen and oxygen atoms in total. The number of halogens is 1. The van der Waals surface area contributed by atoms with Crippen molar-refractivity contribution >= 4 is 47.2 Å². The Balaban J connectivity index is 0.00000484. The summed E-state index contributed by atoms with van der Waals surface area (Å²) in [6, 6.07) is 0. The van der Waals surface area contributed by atoms with Crippen LogP contribution < -0.4 is 16.0 Å². The zero-order chi connectivity index (χ0) is 16.6. The quantitative estimate of drug-likeness (QED) is 0.335. The maximum atomic E-state index is 11.9. The van der Waals surface area contributed by atoms with E-state index in [4.69, 9.17) is 0 Å². The number of amides is 1. The molecule has 1 heterocycles. The number of hydrogen-bond acceptors (Lipinski definition) is 4. The van der Waals surface area contributed by atoms with Crippen molar-refractivity contribution in [1.82, 2.24) is 20.9 Å². The van der Waals surface area contributed by atoms with Crippen LogP contribution in [0.4, 0.5) is 0 Å². The zero-order valence-electron chi connectivity index (χ0n) is 14.5. The predicted octanol–water partition coefficient (Wildman–Crippen LogP) is 1.94. The van der Waals surface area contributed by atoms with E-state index >= 15 is 0 Å². The Labute approximate surface area is 160 Å². The molecule has 0 saturated heterocycles. The summed E-state index contributed by atoms with van der Waals surface area (Å²) in [7, 11) is 1.72. The molecule has 0 aromatic carbocycles. The van der Waals surface area contributed by atoms with E-state index in [0.29, 0.717) is 19.0 Å². The molecule has 0 aliphatic carbocycles. The Morgan fingerprint density at radius 2 is 2.04 bits per heavy atom. The van der Waals surface area contributed by atoms with E-state index in [1.165, 1.54) is 4.88 Å². The van der Waals surface area contributed by atoms with E-state index in [9.17, 15) is 4.79 Å². The second-order valence-electron chi connectivity index (χ2n) is 5.71. The van der Waals surface area contributed by atoms with Gasteiger partial charge in [0.15, 0.2) is 5.96 Å². The van der Waals surface area contributed by atoms with Gasteiger partial charge in [-0.3, -0.25) is 9.79 Å². The fraction of sp³-hybridized carbons (Fsp3) is 0.667. The lowest BCUT2D eigenvalue weighted by atomic mass is 9.92. The van der Waals surface area contributed by atoms with Gasteiger partial charge >= 0.3 is 0 Å². The average molecular weight is 453 g/mol. The van der Waals surface area contributed by atoms with E-state index in [1.54, 1.807) is 18.4 Å². The van der Waals surface area contributed by atoms with Crippen LogP contribution in [0.5, 0.6) is 0 Å². The average Bonchev–Trinajstić information content (AvgIpc) is 2.88. The zero-order valence-corrected chi connectivity index (χ0v) is 17.7. The van der Waals surface area contributed by atoms with Crippen LogP contribution in [0.25, 0.3) is 0 Å². The minimum atomic E-state index is -0.486. The number of hydrogen-bond donors (Lipinski definition) is 3. The van der Waals surface area contributed by atoms with Crippen molar-refractivity contribution in [3.8, 4) is 0 Å². The molecule has 8 heteroatoms. The topological polar surface area (TPSA) is 78.4 Å². The predicted molar refractivity (Wildman–Crippen MR) is 108 cm³/mol. The summed E-state index contributed by atoms with van der Waals surface area (Å²) >= 11 is 1.71. The summed E-state index contributed by atoms with van der Waals surface area (Å²) in [4.78, 5) is 21.7. The minimum Gasteiger partial charge on any atom is -0.356 e. The van der Waals surface area contributed by atoms with Crippen LogP contribution in [0.2, 0.25) is 0 Å². The Bertz CT molecular complexity index is 516. The molecule has 3 N–H and O–H groups in total. The molecule has 0 spiro atoms. The van der Waals surface area contributed by atoms with Crippen LogP contribution in [0.1, 0.15) is 30.7 Å². The molecule has 0 unspecified atom stereocenters. The van der Waals surface area contributed by atoms with Crippen LogP contribution in [0, 0.1) is 12.3 Å². The highest BCUT2D eigenvalue weighted by atomic mass is 127. The van der Waals surface area contributed by atoms with Crippen molar-refractivity contribution in [3.05, 3.63) is 16.1 Å². The van der Waals surface area contributed by atoms with Gasteiger partial charge in [-0.15, -0.1) is 35.3 Å². The van der Waals surface area contributed by atoms with E-state index in [1.807, 2.05) is 27.0 Å². The van der Waals surface area contributed by atoms with Crippen molar-refractivity contribution in [1.29, 1.82) is 0 Å². The summed E-state index contributed by atoms with van der Waals surface area (Å²) < 4.78 is 0. The number of guanidine groups is 1. The lowest BCUT2D eigenvalue weighted by Crippen LogP contribution is -2.48. The fourth-order valence-corrected chi connectivity index (χ4v) is 2.60. The van der Waals surface area contributed by atoms with Crippen molar-refractivity contribution in [2.75, 3.05) is 26.7 Å². The second kappa shape index (κ2) is 10.8. The highest BCUT2D eigenvalue weighted by Gasteiger charge is 2.27. The number of aromatic nitrogens is 1. The molecule has 0 aliphatic rings. The van der Waals surface area contributed by atoms with Crippen molar-refractivity contribution < 1.29 is 4.79 Å². The third kappa shape index (κ3) is 7.96. The molecule has 1 rings (SSSR count). The number of nitrogens with zero attached hydrogens (tertiary/aromatic N) is 2. The van der Waals surface area contributed by atoms with E-state index < -0.39 is 5.41 Å². The van der Waals surface area contributed by atoms with Gasteiger partial charge in [0.25, 0.3) is 0 Å². The van der Waals surface area contributed by atoms with Gasteiger partial charge in [0.2, 0.25) is 5.91 Å². The number of thiazole rings is 1. The smallest absolute Gasteiger partial charge is 0.227 e. The molecule has 0 aliphatic heterocycles. The third-order valence-corrected chi connectivity index (χ3v) is 4.15. The van der Waals surface area contributed by atoms with Gasteiger partial charge in [0.1, 0.15) is 0 Å². The molecule has 0 fully saturated rings. The molecule has 23 heavy (non-hydrogen) atoms. The number of aliphatic imine (C=N–C) groups is 1. The fourth-order valence-electron chi connectivity index (χ4n) is 1.81. The minimum absolute atomic E-state index is 0. The number of nitrogens with one attached hydrogen (secondary N) is 3. The van der Waals surface area contributed by atoms with Gasteiger partial charge in [-0.25, -0.2) is 4.98 Å². The van der Waals surface area contributed by atoms with Crippen LogP contribution >= 0.6 is 35.3 Å². The van der Waals surface area contributed by atoms with E-state index in [2.05, 4.69) is 32.9 Å². The SMILES string of the molecule is CCNC(=O)C(C)(C)CNC(=NC)NCCc1ncc(C)s1.I. The van der Waals surface area contributed by atoms with Gasteiger partial charge in [-0.2, -0.15) is 0 Å². The summed E-state index contributed by atoms with van der Waals surface area (Å²) in [5.41, 5.74) is -0.486. The molecular formula is C15H28IN5OS. The first-order chi connectivity index (χ1) is 10.4. The maximum absolute atomic E-state index is 11.9. The Morgan fingerprint density at radius 3 is 2.57 bits per heavy atom. The van der Waals surface area contributed by atoms with Gasteiger partial charge in [-0.1, -0.05) is 0 Å². The van der Waals surface area contributed by atoms with Crippen LogP contribution in [0.15, 0.2) is 11.2 Å². The summed E-state index contributed by atoms with van der Waals surface area (Å²) in [5.74, 6) is 0.738. The molecule has 132 valence electrons. The first kappa shape index (κ1) is 22.1. The van der Waals surface area contributed by atoms with Crippen molar-refractivity contribution in [2.45, 2.75) is 34.1 Å². The van der Waals surface area contributed by atoms with Crippen LogP contribution in [-0.4, -0.2) is 43.5 Å². The van der Waals surface area contributed by atoms with Crippen LogP contribution in [0.3, 0.4) is 0 Å². The standard InChI is InChI=1S/C15H27N5OS.HI/c1-6-17-13(21)15(3,4)10-20-14(16-5)18-8-7-12-19-9-11(2)22-12;/h9H,6-8,10H2,1-5H3,(H,17,21)(H2,16,18,20);1H. The number of aryl methyl sites for hydroxylation is 1. The molecule has 0 bridgehead atoms. The largest absolute Gasteiger partial charge is 0.356 e. The molecule has 0 atom stereocenters. The number of rotatable bonds is 7. The molecule has 1 amide bonds. The van der Waals surface area contributed by atoms with Crippen molar-refractivity contribution in [3.63, 3.8) is 0 Å². The van der Waals surface area contributed by atoms with Gasteiger partial charge < -0.3 is 16.0 Å². The molecule has 0 saturated carbocycles. The summed E-state index contributed by atoms with van der Waals surface area (Å²) in [5, 5.41) is 10.4. The van der Waals surface area contributed by atoms with Crippen LogP contribution in [-0.2, 0) is 11.2 Å². The monoisotopic (exact) mass is 453 g/mol. The molecular weight excluding hydrogens is 425 g/mol. The highest BCUT2D eigenvalue weighted by molar-refractivity contribution is 14.0. The molecule has 1 aromatic heterocycles. The Kier molecular flexibility index (Phi) is 10.4. The van der Waals surface area contributed by atoms with Gasteiger partial charge in [0, 0.05) is 44.2 Å². The third-order valence-electron chi connectivity index (χ3n) is 3.17. The van der Waals surface area contributed by atoms with E-state index in [-0.39, 0.29) is 29.9 Å². The first-order valence-corrected chi connectivity index (χ1v) is 8.35. The Morgan fingerprint density at radius 1 is 1.35 bits per heavy atom. The summed E-state index contributed by atoms with van der Waals surface area (Å²) in [6.07, 6.45) is 2.75. The second-order valence-corrected chi connectivity index (χ2v) is 7.03. The molecule has 1 aromatic rings. The number of carbonyl (C=O) groups is 1. The summed E-state index contributed by atoms with van der Waals surface area (Å²) in [6.45, 7) is 9.72. The molecule has 0 radical (unpaired) electrons. The first-order valence-electron chi connectivity index (χ1n) is 7.53. The lowest BCUT2D eigenvalue weighted by Gasteiger charge is -2.24.